The molecule has 0 saturated carbocycles. The van der Waals surface area contributed by atoms with Crippen LogP contribution in [-0.2, 0) is 0 Å². The van der Waals surface area contributed by atoms with E-state index in [1.54, 1.807) is 0 Å². The van der Waals surface area contributed by atoms with Gasteiger partial charge in [0.2, 0.25) is 0 Å². The van der Waals surface area contributed by atoms with Gasteiger partial charge in [0, 0.05) is 40.9 Å². The van der Waals surface area contributed by atoms with Crippen LogP contribution < -0.4 is 10.6 Å². The molecular formula is C14H21BrN4. The second-order valence-electron chi connectivity index (χ2n) is 5.73. The Kier molecular flexibility index (Phi) is 3.87. The molecule has 3 N–H and O–H groups in total. The summed E-state index contributed by atoms with van der Waals surface area (Å²) in [5.74, 6) is 0.0946. The summed E-state index contributed by atoms with van der Waals surface area (Å²) >= 11 is 3.50. The summed E-state index contributed by atoms with van der Waals surface area (Å²) in [6.07, 6.45) is 0. The number of benzene rings is 1. The van der Waals surface area contributed by atoms with Gasteiger partial charge in [-0.1, -0.05) is 0 Å². The smallest absolute Gasteiger partial charge is 0.123 e. The zero-order valence-electron chi connectivity index (χ0n) is 11.7. The molecule has 1 fully saturated rings. The zero-order chi connectivity index (χ0) is 14.2. The van der Waals surface area contributed by atoms with Gasteiger partial charge in [0.25, 0.3) is 0 Å². The Balaban J connectivity index is 2.24. The van der Waals surface area contributed by atoms with Crippen molar-refractivity contribution in [2.45, 2.75) is 19.4 Å². The van der Waals surface area contributed by atoms with Crippen molar-refractivity contribution < 1.29 is 0 Å². The molecule has 0 atom stereocenters. The van der Waals surface area contributed by atoms with Gasteiger partial charge in [-0.15, -0.1) is 0 Å². The van der Waals surface area contributed by atoms with Crippen molar-refractivity contribution in [1.82, 2.24) is 4.90 Å². The lowest BCUT2D eigenvalue weighted by Gasteiger charge is -2.46. The van der Waals surface area contributed by atoms with E-state index in [1.165, 1.54) is 5.69 Å². The van der Waals surface area contributed by atoms with Crippen LogP contribution in [0.4, 0.5) is 5.69 Å². The first-order valence-electron chi connectivity index (χ1n) is 6.41. The van der Waals surface area contributed by atoms with E-state index in [0.29, 0.717) is 0 Å². The predicted octanol–water partition coefficient (Wildman–Crippen LogP) is 2.26. The summed E-state index contributed by atoms with van der Waals surface area (Å²) in [4.78, 5) is 4.77. The van der Waals surface area contributed by atoms with Crippen LogP contribution in [-0.4, -0.2) is 43.0 Å². The number of hydrogen-bond acceptors (Lipinski definition) is 3. The molecule has 1 heterocycles. The molecule has 0 radical (unpaired) electrons. The zero-order valence-corrected chi connectivity index (χ0v) is 13.3. The van der Waals surface area contributed by atoms with Crippen molar-refractivity contribution in [2.75, 3.05) is 31.6 Å². The van der Waals surface area contributed by atoms with Gasteiger partial charge in [0.05, 0.1) is 0 Å². The first kappa shape index (κ1) is 14.3. The predicted molar refractivity (Wildman–Crippen MR) is 84.1 cm³/mol. The minimum absolute atomic E-state index is 0.0946. The highest BCUT2D eigenvalue weighted by Gasteiger charge is 2.31. The van der Waals surface area contributed by atoms with E-state index in [-0.39, 0.29) is 11.4 Å². The number of anilines is 1. The first-order valence-corrected chi connectivity index (χ1v) is 7.21. The standard InChI is InChI=1S/C14H21BrN4/c1-14(2)9-19(7-6-18(14)3)10-4-5-11(13(16)17)12(15)8-10/h4-5,8H,6-7,9H2,1-3H3,(H3,16,17). The third-order valence-corrected chi connectivity index (χ3v) is 4.58. The Bertz CT molecular complexity index is 498. The summed E-state index contributed by atoms with van der Waals surface area (Å²) in [6.45, 7) is 7.59. The number of likely N-dealkylation sites (N-methyl/N-ethyl adjacent to an activating group) is 1. The van der Waals surface area contributed by atoms with Crippen LogP contribution in [0.25, 0.3) is 0 Å². The molecule has 0 unspecified atom stereocenters. The van der Waals surface area contributed by atoms with Crippen LogP contribution in [0.2, 0.25) is 0 Å². The van der Waals surface area contributed by atoms with Crippen molar-refractivity contribution in [3.63, 3.8) is 0 Å². The molecule has 1 aromatic rings. The molecular weight excluding hydrogens is 304 g/mol. The lowest BCUT2D eigenvalue weighted by molar-refractivity contribution is 0.139. The number of hydrogen-bond donors (Lipinski definition) is 2. The third-order valence-electron chi connectivity index (χ3n) is 3.92. The summed E-state index contributed by atoms with van der Waals surface area (Å²) < 4.78 is 0.884. The molecule has 1 aromatic carbocycles. The van der Waals surface area contributed by atoms with E-state index < -0.39 is 0 Å². The highest BCUT2D eigenvalue weighted by molar-refractivity contribution is 9.10. The fourth-order valence-corrected chi connectivity index (χ4v) is 2.96. The van der Waals surface area contributed by atoms with E-state index >= 15 is 0 Å². The monoisotopic (exact) mass is 324 g/mol. The van der Waals surface area contributed by atoms with E-state index in [1.807, 2.05) is 12.1 Å². The average Bonchev–Trinajstić information content (AvgIpc) is 2.32. The molecule has 0 aromatic heterocycles. The summed E-state index contributed by atoms with van der Waals surface area (Å²) in [5.41, 5.74) is 7.63. The molecule has 4 nitrogen and oxygen atoms in total. The largest absolute Gasteiger partial charge is 0.384 e. The number of nitrogen functional groups attached to an aromatic ring is 1. The van der Waals surface area contributed by atoms with E-state index in [2.05, 4.69) is 52.7 Å². The van der Waals surface area contributed by atoms with Crippen molar-refractivity contribution in [2.24, 2.45) is 5.73 Å². The molecule has 1 aliphatic rings. The van der Waals surface area contributed by atoms with Crippen molar-refractivity contribution in [3.8, 4) is 0 Å². The lowest BCUT2D eigenvalue weighted by Crippen LogP contribution is -2.57. The number of nitrogens with zero attached hydrogens (tertiary/aromatic N) is 2. The SMILES string of the molecule is CN1CCN(c2ccc(C(=N)N)c(Br)c2)CC1(C)C. The second kappa shape index (κ2) is 5.13. The summed E-state index contributed by atoms with van der Waals surface area (Å²) in [6, 6.07) is 6.01. The molecule has 0 spiro atoms. The van der Waals surface area contributed by atoms with Gasteiger partial charge in [-0.2, -0.15) is 0 Å². The maximum atomic E-state index is 7.51. The lowest BCUT2D eigenvalue weighted by atomic mass is 9.99. The minimum Gasteiger partial charge on any atom is -0.384 e. The van der Waals surface area contributed by atoms with E-state index in [9.17, 15) is 0 Å². The van der Waals surface area contributed by atoms with Crippen LogP contribution in [0.3, 0.4) is 0 Å². The Morgan fingerprint density at radius 3 is 2.58 bits per heavy atom. The fourth-order valence-electron chi connectivity index (χ4n) is 2.38. The second-order valence-corrected chi connectivity index (χ2v) is 6.59. The summed E-state index contributed by atoms with van der Waals surface area (Å²) in [7, 11) is 2.17. The third kappa shape index (κ3) is 2.92. The van der Waals surface area contributed by atoms with Gasteiger partial charge >= 0.3 is 0 Å². The fraction of sp³-hybridized carbons (Fsp3) is 0.500. The van der Waals surface area contributed by atoms with Gasteiger partial charge in [-0.3, -0.25) is 10.3 Å². The van der Waals surface area contributed by atoms with Crippen molar-refractivity contribution in [1.29, 1.82) is 5.41 Å². The van der Waals surface area contributed by atoms with Gasteiger partial charge in [0.1, 0.15) is 5.84 Å². The minimum atomic E-state index is 0.0946. The number of piperazine rings is 1. The van der Waals surface area contributed by atoms with Gasteiger partial charge < -0.3 is 10.6 Å². The molecule has 0 aliphatic carbocycles. The maximum absolute atomic E-state index is 7.51. The van der Waals surface area contributed by atoms with E-state index in [0.717, 1.165) is 29.7 Å². The number of nitrogens with two attached hydrogens (primary N) is 1. The van der Waals surface area contributed by atoms with Crippen LogP contribution in [0, 0.1) is 5.41 Å². The quantitative estimate of drug-likeness (QED) is 0.648. The van der Waals surface area contributed by atoms with Gasteiger partial charge in [0.15, 0.2) is 0 Å². The molecule has 2 rings (SSSR count). The van der Waals surface area contributed by atoms with Crippen molar-refractivity contribution in [3.05, 3.63) is 28.2 Å². The molecule has 0 bridgehead atoms. The first-order chi connectivity index (χ1) is 8.81. The Hall–Kier alpha value is -1.07. The Labute approximate surface area is 123 Å². The van der Waals surface area contributed by atoms with Crippen LogP contribution in [0.15, 0.2) is 22.7 Å². The molecule has 5 heteroatoms. The topological polar surface area (TPSA) is 56.4 Å². The van der Waals surface area contributed by atoms with Crippen LogP contribution in [0.5, 0.6) is 0 Å². The van der Waals surface area contributed by atoms with E-state index in [4.69, 9.17) is 11.1 Å². The van der Waals surface area contributed by atoms with Gasteiger partial charge in [-0.25, -0.2) is 0 Å². The maximum Gasteiger partial charge on any atom is 0.123 e. The Morgan fingerprint density at radius 2 is 2.05 bits per heavy atom. The van der Waals surface area contributed by atoms with Crippen molar-refractivity contribution >= 4 is 27.5 Å². The molecule has 104 valence electrons. The highest BCUT2D eigenvalue weighted by atomic mass is 79.9. The highest BCUT2D eigenvalue weighted by Crippen LogP contribution is 2.28. The molecule has 0 amide bonds. The number of halogens is 1. The number of rotatable bonds is 2. The molecule has 19 heavy (non-hydrogen) atoms. The molecule has 1 aliphatic heterocycles. The number of nitrogens with one attached hydrogen (secondary N) is 1. The number of amidine groups is 1. The van der Waals surface area contributed by atoms with Gasteiger partial charge in [-0.05, 0) is 55.0 Å². The normalized spacial score (nSPS) is 19.5. The average molecular weight is 325 g/mol. The van der Waals surface area contributed by atoms with Crippen LogP contribution >= 0.6 is 15.9 Å². The summed E-state index contributed by atoms with van der Waals surface area (Å²) in [5, 5.41) is 7.51. The molecule has 1 saturated heterocycles. The van der Waals surface area contributed by atoms with Crippen LogP contribution in [0.1, 0.15) is 19.4 Å². The Morgan fingerprint density at radius 1 is 1.37 bits per heavy atom.